The zero-order chi connectivity index (χ0) is 14.7. The summed E-state index contributed by atoms with van der Waals surface area (Å²) in [5.41, 5.74) is 1.75. The van der Waals surface area contributed by atoms with E-state index in [0.717, 1.165) is 30.6 Å². The molecule has 1 aliphatic rings. The maximum absolute atomic E-state index is 12.9. The molecule has 1 saturated carbocycles. The monoisotopic (exact) mass is 274 g/mol. The van der Waals surface area contributed by atoms with Crippen LogP contribution in [-0.4, -0.2) is 29.4 Å². The minimum atomic E-state index is 0.171. The lowest BCUT2D eigenvalue weighted by Gasteiger charge is -2.26. The van der Waals surface area contributed by atoms with Crippen molar-refractivity contribution in [1.29, 1.82) is 0 Å². The fourth-order valence-corrected chi connectivity index (χ4v) is 2.44. The fraction of sp³-hybridized carbons (Fsp3) is 0.588. The van der Waals surface area contributed by atoms with Gasteiger partial charge in [0.2, 0.25) is 0 Å². The van der Waals surface area contributed by atoms with Gasteiger partial charge in [0, 0.05) is 24.3 Å². The minimum Gasteiger partial charge on any atom is -0.382 e. The van der Waals surface area contributed by atoms with Gasteiger partial charge < -0.3 is 10.2 Å². The number of para-hydroxylation sites is 1. The number of benzene rings is 1. The number of carbonyl (C=O) groups excluding carboxylic acids is 1. The molecule has 0 bridgehead atoms. The largest absolute Gasteiger partial charge is 0.382 e. The van der Waals surface area contributed by atoms with Crippen LogP contribution in [0.4, 0.5) is 5.69 Å². The van der Waals surface area contributed by atoms with Gasteiger partial charge in [-0.25, -0.2) is 0 Å². The van der Waals surface area contributed by atoms with Gasteiger partial charge >= 0.3 is 0 Å². The number of nitrogens with one attached hydrogen (secondary N) is 1. The normalized spacial score (nSPS) is 14.7. The molecule has 0 aliphatic heterocycles. The van der Waals surface area contributed by atoms with E-state index in [4.69, 9.17) is 0 Å². The highest BCUT2D eigenvalue weighted by Gasteiger charge is 2.33. The van der Waals surface area contributed by atoms with Crippen molar-refractivity contribution < 1.29 is 4.79 Å². The van der Waals surface area contributed by atoms with Crippen LogP contribution in [0.2, 0.25) is 0 Å². The van der Waals surface area contributed by atoms with Gasteiger partial charge in [-0.2, -0.15) is 0 Å². The molecule has 0 radical (unpaired) electrons. The fourth-order valence-electron chi connectivity index (χ4n) is 2.44. The van der Waals surface area contributed by atoms with Crippen LogP contribution in [0, 0.1) is 5.92 Å². The summed E-state index contributed by atoms with van der Waals surface area (Å²) in [4.78, 5) is 14.9. The second-order valence-electron chi connectivity index (χ2n) is 6.43. The first kappa shape index (κ1) is 14.9. The Hall–Kier alpha value is -1.51. The van der Waals surface area contributed by atoms with Gasteiger partial charge in [0.05, 0.1) is 5.56 Å². The van der Waals surface area contributed by atoms with E-state index >= 15 is 0 Å². The molecular formula is C17H26N2O. The standard InChI is InChI=1S/C17H26N2O/c1-12(2)11-19(14-9-10-14)17(20)15-7-5-6-8-16(15)18-13(3)4/h5-8,12-14,18H,9-11H2,1-4H3. The number of carbonyl (C=O) groups is 1. The number of amides is 1. The Labute approximate surface area is 122 Å². The predicted molar refractivity (Wildman–Crippen MR) is 84.1 cm³/mol. The van der Waals surface area contributed by atoms with E-state index in [2.05, 4.69) is 37.9 Å². The summed E-state index contributed by atoms with van der Waals surface area (Å²) in [6.07, 6.45) is 2.30. The molecule has 0 unspecified atom stereocenters. The van der Waals surface area contributed by atoms with Crippen LogP contribution in [0.1, 0.15) is 50.9 Å². The highest BCUT2D eigenvalue weighted by Crippen LogP contribution is 2.30. The average molecular weight is 274 g/mol. The summed E-state index contributed by atoms with van der Waals surface area (Å²) in [7, 11) is 0. The van der Waals surface area contributed by atoms with Crippen molar-refractivity contribution in [3.63, 3.8) is 0 Å². The number of rotatable bonds is 6. The zero-order valence-corrected chi connectivity index (χ0v) is 13.0. The third-order valence-electron chi connectivity index (χ3n) is 3.41. The molecule has 1 aromatic rings. The lowest BCUT2D eigenvalue weighted by atomic mass is 10.1. The molecule has 3 nitrogen and oxygen atoms in total. The van der Waals surface area contributed by atoms with Crippen LogP contribution >= 0.6 is 0 Å². The number of hydrogen-bond donors (Lipinski definition) is 1. The first-order chi connectivity index (χ1) is 9.49. The molecule has 0 heterocycles. The van der Waals surface area contributed by atoms with E-state index < -0.39 is 0 Å². The smallest absolute Gasteiger partial charge is 0.256 e. The molecule has 3 heteroatoms. The van der Waals surface area contributed by atoms with Crippen molar-refractivity contribution in [2.45, 2.75) is 52.6 Å². The molecule has 0 saturated heterocycles. The van der Waals surface area contributed by atoms with Crippen LogP contribution < -0.4 is 5.32 Å². The molecular weight excluding hydrogens is 248 g/mol. The first-order valence-corrected chi connectivity index (χ1v) is 7.65. The van der Waals surface area contributed by atoms with E-state index in [9.17, 15) is 4.79 Å². The highest BCUT2D eigenvalue weighted by molar-refractivity contribution is 6.00. The minimum absolute atomic E-state index is 0.171. The summed E-state index contributed by atoms with van der Waals surface area (Å²) in [6, 6.07) is 8.63. The Kier molecular flexibility index (Phi) is 4.69. The van der Waals surface area contributed by atoms with Crippen LogP contribution in [0.5, 0.6) is 0 Å². The summed E-state index contributed by atoms with van der Waals surface area (Å²) >= 11 is 0. The Balaban J connectivity index is 2.22. The van der Waals surface area contributed by atoms with E-state index in [0.29, 0.717) is 18.0 Å². The van der Waals surface area contributed by atoms with Gasteiger partial charge in [0.15, 0.2) is 0 Å². The quantitative estimate of drug-likeness (QED) is 0.856. The molecule has 0 spiro atoms. The van der Waals surface area contributed by atoms with Gasteiger partial charge in [-0.1, -0.05) is 26.0 Å². The van der Waals surface area contributed by atoms with Crippen LogP contribution in [0.25, 0.3) is 0 Å². The third-order valence-corrected chi connectivity index (χ3v) is 3.41. The first-order valence-electron chi connectivity index (χ1n) is 7.65. The molecule has 20 heavy (non-hydrogen) atoms. The second-order valence-corrected chi connectivity index (χ2v) is 6.43. The molecule has 2 rings (SSSR count). The zero-order valence-electron chi connectivity index (χ0n) is 13.0. The third kappa shape index (κ3) is 3.75. The SMILES string of the molecule is CC(C)CN(C(=O)c1ccccc1NC(C)C)C1CC1. The lowest BCUT2D eigenvalue weighted by molar-refractivity contribution is 0.0723. The van der Waals surface area contributed by atoms with Gasteiger partial charge in [-0.15, -0.1) is 0 Å². The van der Waals surface area contributed by atoms with Crippen LogP contribution in [0.3, 0.4) is 0 Å². The van der Waals surface area contributed by atoms with E-state index in [1.165, 1.54) is 0 Å². The molecule has 0 atom stereocenters. The maximum atomic E-state index is 12.9. The van der Waals surface area contributed by atoms with Crippen molar-refractivity contribution in [3.8, 4) is 0 Å². The molecule has 1 N–H and O–H groups in total. The summed E-state index contributed by atoms with van der Waals surface area (Å²) in [5.74, 6) is 0.676. The van der Waals surface area contributed by atoms with Gasteiger partial charge in [0.25, 0.3) is 5.91 Å². The maximum Gasteiger partial charge on any atom is 0.256 e. The van der Waals surface area contributed by atoms with Crippen LogP contribution in [-0.2, 0) is 0 Å². The Morgan fingerprint density at radius 1 is 1.25 bits per heavy atom. The highest BCUT2D eigenvalue weighted by atomic mass is 16.2. The van der Waals surface area contributed by atoms with Gasteiger partial charge in [-0.3, -0.25) is 4.79 Å². The van der Waals surface area contributed by atoms with Crippen molar-refractivity contribution >= 4 is 11.6 Å². The van der Waals surface area contributed by atoms with Crippen molar-refractivity contribution in [2.75, 3.05) is 11.9 Å². The lowest BCUT2D eigenvalue weighted by Crippen LogP contribution is -2.36. The van der Waals surface area contributed by atoms with Crippen molar-refractivity contribution in [1.82, 2.24) is 4.90 Å². The molecule has 1 aromatic carbocycles. The predicted octanol–water partition coefficient (Wildman–Crippen LogP) is 3.77. The summed E-state index contributed by atoms with van der Waals surface area (Å²) < 4.78 is 0. The van der Waals surface area contributed by atoms with E-state index in [1.54, 1.807) is 0 Å². The summed E-state index contributed by atoms with van der Waals surface area (Å²) in [5, 5.41) is 3.37. The topological polar surface area (TPSA) is 32.3 Å². The number of hydrogen-bond acceptors (Lipinski definition) is 2. The van der Waals surface area contributed by atoms with Gasteiger partial charge in [-0.05, 0) is 44.7 Å². The summed E-state index contributed by atoms with van der Waals surface area (Å²) in [6.45, 7) is 9.36. The Bertz CT molecular complexity index is 464. The van der Waals surface area contributed by atoms with Crippen LogP contribution in [0.15, 0.2) is 24.3 Å². The average Bonchev–Trinajstić information content (AvgIpc) is 3.19. The molecule has 110 valence electrons. The molecule has 0 aromatic heterocycles. The van der Waals surface area contributed by atoms with E-state index in [1.807, 2.05) is 24.3 Å². The van der Waals surface area contributed by atoms with Crippen molar-refractivity contribution in [3.05, 3.63) is 29.8 Å². The molecule has 1 aliphatic carbocycles. The molecule has 1 amide bonds. The number of nitrogens with zero attached hydrogens (tertiary/aromatic N) is 1. The van der Waals surface area contributed by atoms with Crippen molar-refractivity contribution in [2.24, 2.45) is 5.92 Å². The molecule has 1 fully saturated rings. The number of anilines is 1. The Morgan fingerprint density at radius 2 is 1.90 bits per heavy atom. The Morgan fingerprint density at radius 3 is 2.45 bits per heavy atom. The van der Waals surface area contributed by atoms with Gasteiger partial charge in [0.1, 0.15) is 0 Å². The van der Waals surface area contributed by atoms with E-state index in [-0.39, 0.29) is 5.91 Å². The second kappa shape index (κ2) is 6.29.